The molecular weight excluding hydrogens is 486 g/mol. The summed E-state index contributed by atoms with van der Waals surface area (Å²) in [5, 5.41) is 0. The quantitative estimate of drug-likeness (QED) is 0.625. The van der Waals surface area contributed by atoms with Crippen molar-refractivity contribution in [3.8, 4) is 0 Å². The zero-order valence-corrected chi connectivity index (χ0v) is 19.7. The van der Waals surface area contributed by atoms with E-state index in [0.29, 0.717) is 50.9 Å². The Morgan fingerprint density at radius 1 is 1.10 bits per heavy atom. The first-order chi connectivity index (χ1) is 14.8. The number of rotatable bonds is 4. The van der Waals surface area contributed by atoms with E-state index < -0.39 is 9.84 Å². The summed E-state index contributed by atoms with van der Waals surface area (Å²) in [4.78, 5) is 27.2. The number of sulfone groups is 1. The topological polar surface area (TPSA) is 97.1 Å². The number of quaternary nitrogens is 1. The molecule has 2 aliphatic rings. The molecule has 0 aliphatic carbocycles. The van der Waals surface area contributed by atoms with E-state index in [1.807, 2.05) is 4.90 Å². The van der Waals surface area contributed by atoms with Crippen molar-refractivity contribution in [1.29, 1.82) is 0 Å². The number of carbonyl (C=O) groups is 1. The Morgan fingerprint density at radius 2 is 1.74 bits per heavy atom. The first kappa shape index (κ1) is 22.1. The molecule has 3 heterocycles. The van der Waals surface area contributed by atoms with Crippen LogP contribution in [0.1, 0.15) is 10.4 Å². The van der Waals surface area contributed by atoms with Crippen LogP contribution in [0.25, 0.3) is 0 Å². The van der Waals surface area contributed by atoms with E-state index in [4.69, 9.17) is 4.74 Å². The van der Waals surface area contributed by atoms with Crippen LogP contribution in [0.3, 0.4) is 0 Å². The minimum atomic E-state index is -3.42. The number of piperazine rings is 1. The number of aromatic nitrogens is 2. The van der Waals surface area contributed by atoms with Gasteiger partial charge in [0.1, 0.15) is 24.3 Å². The van der Waals surface area contributed by atoms with Crippen LogP contribution in [0.4, 0.5) is 11.6 Å². The van der Waals surface area contributed by atoms with Crippen LogP contribution in [0.2, 0.25) is 0 Å². The lowest BCUT2D eigenvalue weighted by Gasteiger charge is -2.35. The number of nitrogens with zero attached hydrogens (tertiary/aromatic N) is 4. The molecule has 2 saturated heterocycles. The molecule has 1 aromatic heterocycles. The molecule has 2 aromatic rings. The van der Waals surface area contributed by atoms with Crippen LogP contribution in [-0.4, -0.2) is 87.9 Å². The number of halogens is 1. The largest absolute Gasteiger partial charge is 0.370 e. The fourth-order valence-corrected chi connectivity index (χ4v) is 4.73. The molecule has 0 saturated carbocycles. The van der Waals surface area contributed by atoms with E-state index in [-0.39, 0.29) is 10.8 Å². The summed E-state index contributed by atoms with van der Waals surface area (Å²) in [5.41, 5.74) is 1.28. The predicted octanol–water partition coefficient (Wildman–Crippen LogP) is 0.152. The molecule has 31 heavy (non-hydrogen) atoms. The molecular formula is C20H25BrN5O4S+. The van der Waals surface area contributed by atoms with Crippen molar-refractivity contribution in [3.05, 3.63) is 40.6 Å². The second kappa shape index (κ2) is 9.19. The van der Waals surface area contributed by atoms with Gasteiger partial charge < -0.3 is 14.5 Å². The van der Waals surface area contributed by atoms with Crippen molar-refractivity contribution in [2.75, 3.05) is 63.6 Å². The van der Waals surface area contributed by atoms with Crippen LogP contribution in [0.5, 0.6) is 0 Å². The van der Waals surface area contributed by atoms with E-state index in [0.717, 1.165) is 34.4 Å². The Kier molecular flexibility index (Phi) is 6.56. The van der Waals surface area contributed by atoms with Crippen molar-refractivity contribution in [3.63, 3.8) is 0 Å². The Morgan fingerprint density at radius 3 is 2.35 bits per heavy atom. The smallest absolute Gasteiger partial charge is 0.260 e. The standard InChI is InChI=1S/C20H24BrN5O4S/c1-31(28,29)16-2-3-18(24-8-10-30-11-9-24)17(12-16)19(27)25-4-6-26(7-5-25)20-22-13-15(21)14-23-20/h2-3,12-14H,4-11H2,1H3/p+1. The predicted molar refractivity (Wildman–Crippen MR) is 119 cm³/mol. The van der Waals surface area contributed by atoms with Gasteiger partial charge in [-0.1, -0.05) is 0 Å². The summed E-state index contributed by atoms with van der Waals surface area (Å²) in [6.07, 6.45) is 4.57. The van der Waals surface area contributed by atoms with Gasteiger partial charge in [0.25, 0.3) is 5.91 Å². The van der Waals surface area contributed by atoms with Crippen LogP contribution >= 0.6 is 15.9 Å². The highest BCUT2D eigenvalue weighted by Gasteiger charge is 2.30. The molecule has 1 N–H and O–H groups in total. The molecule has 0 atom stereocenters. The Hall–Kier alpha value is -2.08. The lowest BCUT2D eigenvalue weighted by Crippen LogP contribution is -3.09. The molecule has 11 heteroatoms. The second-order valence-electron chi connectivity index (χ2n) is 7.68. The molecule has 2 fully saturated rings. The Labute approximate surface area is 190 Å². The van der Waals surface area contributed by atoms with Gasteiger partial charge in [0.2, 0.25) is 5.95 Å². The van der Waals surface area contributed by atoms with Gasteiger partial charge in [-0.15, -0.1) is 0 Å². The SMILES string of the molecule is CS(=O)(=O)c1ccc([NH+]2CCOCC2)c(C(=O)N2CCN(c3ncc(Br)cn3)CC2)c1. The van der Waals surface area contributed by atoms with Gasteiger partial charge in [0, 0.05) is 50.9 Å². The lowest BCUT2D eigenvalue weighted by atomic mass is 10.1. The third-order valence-corrected chi connectivity index (χ3v) is 7.10. The van der Waals surface area contributed by atoms with Crippen LogP contribution in [0.15, 0.2) is 40.0 Å². The highest BCUT2D eigenvalue weighted by Crippen LogP contribution is 2.22. The monoisotopic (exact) mass is 510 g/mol. The lowest BCUT2D eigenvalue weighted by molar-refractivity contribution is -0.842. The van der Waals surface area contributed by atoms with Crippen LogP contribution in [-0.2, 0) is 14.6 Å². The first-order valence-electron chi connectivity index (χ1n) is 10.1. The van der Waals surface area contributed by atoms with Crippen LogP contribution in [0, 0.1) is 0 Å². The molecule has 0 spiro atoms. The molecule has 4 rings (SSSR count). The number of hydrogen-bond donors (Lipinski definition) is 1. The molecule has 0 radical (unpaired) electrons. The summed E-state index contributed by atoms with van der Waals surface area (Å²) in [7, 11) is -3.42. The van der Waals surface area contributed by atoms with E-state index in [9.17, 15) is 13.2 Å². The van der Waals surface area contributed by atoms with Crippen molar-refractivity contribution < 1.29 is 22.8 Å². The first-order valence-corrected chi connectivity index (χ1v) is 12.8. The highest BCUT2D eigenvalue weighted by atomic mass is 79.9. The molecule has 1 amide bonds. The third-order valence-electron chi connectivity index (χ3n) is 5.58. The van der Waals surface area contributed by atoms with E-state index in [1.165, 1.54) is 6.07 Å². The maximum Gasteiger partial charge on any atom is 0.260 e. The summed E-state index contributed by atoms with van der Waals surface area (Å²) in [5.74, 6) is 0.490. The fraction of sp³-hybridized carbons (Fsp3) is 0.450. The zero-order valence-electron chi connectivity index (χ0n) is 17.3. The molecule has 0 unspecified atom stereocenters. The van der Waals surface area contributed by atoms with Gasteiger partial charge in [0.15, 0.2) is 9.84 Å². The molecule has 166 valence electrons. The number of benzene rings is 1. The van der Waals surface area contributed by atoms with Gasteiger partial charge in [0.05, 0.1) is 22.6 Å². The maximum absolute atomic E-state index is 13.5. The number of ether oxygens (including phenoxy) is 1. The number of morpholine rings is 1. The third kappa shape index (κ3) is 5.05. The number of nitrogens with one attached hydrogen (secondary N) is 1. The fourth-order valence-electron chi connectivity index (χ4n) is 3.88. The van der Waals surface area contributed by atoms with Crippen molar-refractivity contribution in [1.82, 2.24) is 14.9 Å². The molecule has 1 aromatic carbocycles. The Balaban J connectivity index is 1.56. The minimum absolute atomic E-state index is 0.143. The van der Waals surface area contributed by atoms with Crippen molar-refractivity contribution in [2.24, 2.45) is 0 Å². The summed E-state index contributed by atoms with van der Waals surface area (Å²) < 4.78 is 30.5. The number of carbonyl (C=O) groups excluding carboxylic acids is 1. The number of amides is 1. The number of hydrogen-bond acceptors (Lipinski definition) is 7. The van der Waals surface area contributed by atoms with E-state index in [1.54, 1.807) is 29.4 Å². The average Bonchev–Trinajstić information content (AvgIpc) is 2.79. The summed E-state index contributed by atoms with van der Waals surface area (Å²) >= 11 is 3.33. The summed E-state index contributed by atoms with van der Waals surface area (Å²) in [6.45, 7) is 4.96. The van der Waals surface area contributed by atoms with Gasteiger partial charge in [-0.2, -0.15) is 0 Å². The van der Waals surface area contributed by atoms with Gasteiger partial charge in [-0.3, -0.25) is 9.69 Å². The molecule has 2 aliphatic heterocycles. The van der Waals surface area contributed by atoms with E-state index in [2.05, 4.69) is 25.9 Å². The maximum atomic E-state index is 13.5. The minimum Gasteiger partial charge on any atom is -0.370 e. The second-order valence-corrected chi connectivity index (χ2v) is 10.6. The van der Waals surface area contributed by atoms with Gasteiger partial charge in [-0.25, -0.2) is 18.4 Å². The van der Waals surface area contributed by atoms with Crippen molar-refractivity contribution >= 4 is 43.3 Å². The number of anilines is 1. The molecule has 0 bridgehead atoms. The van der Waals surface area contributed by atoms with Gasteiger partial charge >= 0.3 is 0 Å². The highest BCUT2D eigenvalue weighted by molar-refractivity contribution is 9.10. The normalized spacial score (nSPS) is 18.3. The summed E-state index contributed by atoms with van der Waals surface area (Å²) in [6, 6.07) is 4.89. The van der Waals surface area contributed by atoms with E-state index >= 15 is 0 Å². The average molecular weight is 511 g/mol. The zero-order chi connectivity index (χ0) is 22.0. The van der Waals surface area contributed by atoms with Gasteiger partial charge in [-0.05, 0) is 28.1 Å². The Bertz CT molecular complexity index is 1050. The van der Waals surface area contributed by atoms with Crippen LogP contribution < -0.4 is 9.80 Å². The molecule has 9 nitrogen and oxygen atoms in total. The van der Waals surface area contributed by atoms with Crippen molar-refractivity contribution in [2.45, 2.75) is 4.90 Å².